The Hall–Kier alpha value is -0.940. The van der Waals surface area contributed by atoms with Gasteiger partial charge in [0.2, 0.25) is 0 Å². The molecule has 19 heavy (non-hydrogen) atoms. The van der Waals surface area contributed by atoms with Crippen LogP contribution in [0.2, 0.25) is 5.02 Å². The van der Waals surface area contributed by atoms with E-state index < -0.39 is 5.97 Å². The Labute approximate surface area is 121 Å². The number of hydrogen-bond acceptors (Lipinski definition) is 4. The Morgan fingerprint density at radius 1 is 1.47 bits per heavy atom. The summed E-state index contributed by atoms with van der Waals surface area (Å²) in [6.45, 7) is 0. The number of carbonyl (C=O) groups is 1. The van der Waals surface area contributed by atoms with Gasteiger partial charge in [0.25, 0.3) is 0 Å². The monoisotopic (exact) mass is 300 g/mol. The molecule has 0 bridgehead atoms. The van der Waals surface area contributed by atoms with Gasteiger partial charge in [-0.2, -0.15) is 11.8 Å². The minimum Gasteiger partial charge on any atom is -0.478 e. The van der Waals surface area contributed by atoms with Crippen molar-refractivity contribution in [1.29, 1.82) is 0 Å². The quantitative estimate of drug-likeness (QED) is 0.891. The normalized spacial score (nSPS) is 23.1. The number of carboxylic acid groups (broad SMARTS) is 1. The first-order chi connectivity index (χ1) is 9.10. The van der Waals surface area contributed by atoms with Crippen LogP contribution in [-0.2, 0) is 0 Å². The van der Waals surface area contributed by atoms with Crippen LogP contribution in [0.4, 0.5) is 5.82 Å². The van der Waals surface area contributed by atoms with Crippen molar-refractivity contribution in [2.45, 2.75) is 37.0 Å². The Bertz CT molecular complexity index is 462. The molecule has 1 aromatic heterocycles. The Balaban J connectivity index is 2.00. The van der Waals surface area contributed by atoms with Crippen LogP contribution in [0.25, 0.3) is 0 Å². The molecule has 0 aromatic carbocycles. The summed E-state index contributed by atoms with van der Waals surface area (Å²) in [6, 6.07) is 1.88. The van der Waals surface area contributed by atoms with Crippen molar-refractivity contribution in [2.24, 2.45) is 0 Å². The van der Waals surface area contributed by atoms with E-state index in [0.717, 1.165) is 18.1 Å². The first kappa shape index (κ1) is 14.5. The van der Waals surface area contributed by atoms with Gasteiger partial charge in [-0.25, -0.2) is 9.78 Å². The highest BCUT2D eigenvalue weighted by Gasteiger charge is 2.21. The first-order valence-electron chi connectivity index (χ1n) is 6.28. The molecule has 0 saturated heterocycles. The van der Waals surface area contributed by atoms with E-state index in [-0.39, 0.29) is 10.6 Å². The van der Waals surface area contributed by atoms with Crippen LogP contribution in [0, 0.1) is 0 Å². The standard InChI is InChI=1S/C13H17ClN2O2S/c1-19-9-4-2-8(3-5-9)16-12-6-10(13(17)18)11(14)7-15-12/h6-9H,2-5H2,1H3,(H,15,16)(H,17,18). The Morgan fingerprint density at radius 2 is 2.16 bits per heavy atom. The molecule has 4 nitrogen and oxygen atoms in total. The summed E-state index contributed by atoms with van der Waals surface area (Å²) >= 11 is 7.72. The molecule has 0 spiro atoms. The molecule has 1 fully saturated rings. The fraction of sp³-hybridized carbons (Fsp3) is 0.538. The molecule has 2 N–H and O–H groups in total. The van der Waals surface area contributed by atoms with Gasteiger partial charge in [-0.15, -0.1) is 0 Å². The predicted octanol–water partition coefficient (Wildman–Crippen LogP) is 3.52. The molecule has 1 saturated carbocycles. The molecule has 6 heteroatoms. The van der Waals surface area contributed by atoms with Gasteiger partial charge in [0, 0.05) is 17.5 Å². The van der Waals surface area contributed by atoms with Gasteiger partial charge >= 0.3 is 5.97 Å². The average Bonchev–Trinajstić information content (AvgIpc) is 2.41. The third-order valence-electron chi connectivity index (χ3n) is 3.45. The number of nitrogens with zero attached hydrogens (tertiary/aromatic N) is 1. The fourth-order valence-electron chi connectivity index (χ4n) is 2.33. The molecule has 0 unspecified atom stereocenters. The van der Waals surface area contributed by atoms with E-state index in [1.165, 1.54) is 25.1 Å². The van der Waals surface area contributed by atoms with E-state index in [9.17, 15) is 4.79 Å². The van der Waals surface area contributed by atoms with Crippen molar-refractivity contribution in [3.63, 3.8) is 0 Å². The van der Waals surface area contributed by atoms with Crippen LogP contribution >= 0.6 is 23.4 Å². The van der Waals surface area contributed by atoms with Gasteiger partial charge in [0.15, 0.2) is 0 Å². The lowest BCUT2D eigenvalue weighted by Crippen LogP contribution is -2.27. The molecule has 0 amide bonds. The highest BCUT2D eigenvalue weighted by atomic mass is 35.5. The number of anilines is 1. The minimum atomic E-state index is -1.03. The zero-order chi connectivity index (χ0) is 13.8. The second kappa shape index (κ2) is 6.48. The molecule has 1 aromatic rings. The molecule has 1 aliphatic rings. The highest BCUT2D eigenvalue weighted by molar-refractivity contribution is 7.99. The van der Waals surface area contributed by atoms with Gasteiger partial charge in [-0.3, -0.25) is 0 Å². The number of nitrogens with one attached hydrogen (secondary N) is 1. The second-order valence-electron chi connectivity index (χ2n) is 4.71. The molecular formula is C13H17ClN2O2S. The van der Waals surface area contributed by atoms with E-state index >= 15 is 0 Å². The van der Waals surface area contributed by atoms with Crippen LogP contribution in [0.1, 0.15) is 36.0 Å². The first-order valence-corrected chi connectivity index (χ1v) is 7.95. The zero-order valence-electron chi connectivity index (χ0n) is 10.7. The van der Waals surface area contributed by atoms with E-state index in [2.05, 4.69) is 16.6 Å². The minimum absolute atomic E-state index is 0.0944. The highest BCUT2D eigenvalue weighted by Crippen LogP contribution is 2.28. The van der Waals surface area contributed by atoms with Crippen molar-refractivity contribution in [3.8, 4) is 0 Å². The predicted molar refractivity (Wildman–Crippen MR) is 79.4 cm³/mol. The van der Waals surface area contributed by atoms with E-state index in [4.69, 9.17) is 16.7 Å². The van der Waals surface area contributed by atoms with Crippen LogP contribution in [0.3, 0.4) is 0 Å². The zero-order valence-corrected chi connectivity index (χ0v) is 12.3. The van der Waals surface area contributed by atoms with Crippen molar-refractivity contribution < 1.29 is 9.90 Å². The molecule has 0 radical (unpaired) electrons. The number of rotatable bonds is 4. The van der Waals surface area contributed by atoms with Crippen LogP contribution < -0.4 is 5.32 Å². The molecular weight excluding hydrogens is 284 g/mol. The summed E-state index contributed by atoms with van der Waals surface area (Å²) in [5, 5.41) is 13.3. The summed E-state index contributed by atoms with van der Waals surface area (Å²) < 4.78 is 0. The maximum Gasteiger partial charge on any atom is 0.337 e. The maximum absolute atomic E-state index is 11.0. The topological polar surface area (TPSA) is 62.2 Å². The number of carboxylic acids is 1. The van der Waals surface area contributed by atoms with Crippen molar-refractivity contribution >= 4 is 35.1 Å². The van der Waals surface area contributed by atoms with Crippen molar-refractivity contribution in [2.75, 3.05) is 11.6 Å². The fourth-order valence-corrected chi connectivity index (χ4v) is 3.26. The SMILES string of the molecule is CSC1CCC(Nc2cc(C(=O)O)c(Cl)cn2)CC1. The maximum atomic E-state index is 11.0. The summed E-state index contributed by atoms with van der Waals surface area (Å²) in [6.07, 6.45) is 8.12. The van der Waals surface area contributed by atoms with Gasteiger partial charge < -0.3 is 10.4 Å². The molecule has 1 heterocycles. The number of pyridine rings is 1. The smallest absolute Gasteiger partial charge is 0.337 e. The third kappa shape index (κ3) is 3.76. The third-order valence-corrected chi connectivity index (χ3v) is 4.88. The molecule has 2 rings (SSSR count). The summed E-state index contributed by atoms with van der Waals surface area (Å²) in [5.74, 6) is -0.434. The lowest BCUT2D eigenvalue weighted by atomic mass is 9.95. The van der Waals surface area contributed by atoms with E-state index in [1.54, 1.807) is 0 Å². The van der Waals surface area contributed by atoms with Crippen LogP contribution in [0.15, 0.2) is 12.3 Å². The van der Waals surface area contributed by atoms with E-state index in [1.807, 2.05) is 11.8 Å². The van der Waals surface area contributed by atoms with Gasteiger partial charge in [0.1, 0.15) is 5.82 Å². The van der Waals surface area contributed by atoms with Crippen molar-refractivity contribution in [1.82, 2.24) is 4.98 Å². The largest absolute Gasteiger partial charge is 0.478 e. The second-order valence-corrected chi connectivity index (χ2v) is 6.25. The Morgan fingerprint density at radius 3 is 2.74 bits per heavy atom. The molecule has 0 atom stereocenters. The van der Waals surface area contributed by atoms with Crippen LogP contribution in [0.5, 0.6) is 0 Å². The van der Waals surface area contributed by atoms with Gasteiger partial charge in [0.05, 0.1) is 10.6 Å². The molecule has 104 valence electrons. The number of thioether (sulfide) groups is 1. The van der Waals surface area contributed by atoms with Gasteiger partial charge in [-0.05, 0) is 38.0 Å². The number of aromatic carboxylic acids is 1. The van der Waals surface area contributed by atoms with Crippen LogP contribution in [-0.4, -0.2) is 33.6 Å². The molecule has 0 aliphatic heterocycles. The molecule has 1 aliphatic carbocycles. The number of aromatic nitrogens is 1. The summed E-state index contributed by atoms with van der Waals surface area (Å²) in [5.41, 5.74) is 0.0944. The summed E-state index contributed by atoms with van der Waals surface area (Å²) in [7, 11) is 0. The Kier molecular flexibility index (Phi) is 4.93. The number of hydrogen-bond donors (Lipinski definition) is 2. The van der Waals surface area contributed by atoms with Crippen molar-refractivity contribution in [3.05, 3.63) is 22.8 Å². The van der Waals surface area contributed by atoms with Gasteiger partial charge in [-0.1, -0.05) is 11.6 Å². The summed E-state index contributed by atoms with van der Waals surface area (Å²) in [4.78, 5) is 15.1. The number of halogens is 1. The lowest BCUT2D eigenvalue weighted by Gasteiger charge is -2.28. The average molecular weight is 301 g/mol. The van der Waals surface area contributed by atoms with E-state index in [0.29, 0.717) is 11.9 Å². The lowest BCUT2D eigenvalue weighted by molar-refractivity contribution is 0.0697.